The number of rotatable bonds is 6. The minimum atomic E-state index is -0.152. The van der Waals surface area contributed by atoms with Gasteiger partial charge in [0.05, 0.1) is 0 Å². The predicted molar refractivity (Wildman–Crippen MR) is 118 cm³/mol. The average molecular weight is 399 g/mol. The fraction of sp³-hybridized carbons (Fsp3) is 0.0909. The van der Waals surface area contributed by atoms with Gasteiger partial charge in [0, 0.05) is 49.1 Å². The van der Waals surface area contributed by atoms with Crippen LogP contribution in [0.4, 0.5) is 22.9 Å². The Morgan fingerprint density at radius 3 is 2.23 bits per heavy atom. The van der Waals surface area contributed by atoms with E-state index in [0.717, 1.165) is 11.4 Å². The van der Waals surface area contributed by atoms with Crippen LogP contribution in [0.3, 0.4) is 0 Å². The SMILES string of the molecule is CN(C)c1ccc(C(=O)Nc2ccc(Nc3ccc(-n4cccn4)nn3)cc2)cc1. The molecule has 8 heteroatoms. The number of hydrogen-bond acceptors (Lipinski definition) is 6. The number of nitrogens with one attached hydrogen (secondary N) is 2. The number of hydrogen-bond donors (Lipinski definition) is 2. The van der Waals surface area contributed by atoms with Crippen molar-refractivity contribution in [3.8, 4) is 5.82 Å². The van der Waals surface area contributed by atoms with E-state index in [1.54, 1.807) is 17.1 Å². The lowest BCUT2D eigenvalue weighted by Crippen LogP contribution is -2.13. The molecule has 4 aromatic rings. The third-order valence-electron chi connectivity index (χ3n) is 4.45. The van der Waals surface area contributed by atoms with Gasteiger partial charge in [0.25, 0.3) is 5.91 Å². The number of carbonyl (C=O) groups excluding carboxylic acids is 1. The fourth-order valence-electron chi connectivity index (χ4n) is 2.82. The van der Waals surface area contributed by atoms with Crippen LogP contribution >= 0.6 is 0 Å². The number of carbonyl (C=O) groups is 1. The van der Waals surface area contributed by atoms with E-state index in [9.17, 15) is 4.79 Å². The van der Waals surface area contributed by atoms with Crippen LogP contribution in [0.1, 0.15) is 10.4 Å². The molecule has 0 fully saturated rings. The normalized spacial score (nSPS) is 10.5. The summed E-state index contributed by atoms with van der Waals surface area (Å²) in [6, 6.07) is 20.4. The highest BCUT2D eigenvalue weighted by Crippen LogP contribution is 2.19. The van der Waals surface area contributed by atoms with Gasteiger partial charge in [-0.25, -0.2) is 4.68 Å². The lowest BCUT2D eigenvalue weighted by atomic mass is 10.2. The largest absolute Gasteiger partial charge is 0.378 e. The molecular weight excluding hydrogens is 378 g/mol. The summed E-state index contributed by atoms with van der Waals surface area (Å²) in [6.07, 6.45) is 3.49. The van der Waals surface area contributed by atoms with Crippen molar-refractivity contribution in [1.29, 1.82) is 0 Å². The zero-order chi connectivity index (χ0) is 20.9. The Morgan fingerprint density at radius 1 is 0.900 bits per heavy atom. The molecule has 4 rings (SSSR count). The summed E-state index contributed by atoms with van der Waals surface area (Å²) < 4.78 is 1.64. The molecule has 30 heavy (non-hydrogen) atoms. The molecule has 2 aromatic carbocycles. The summed E-state index contributed by atoms with van der Waals surface area (Å²) in [4.78, 5) is 14.4. The number of anilines is 4. The van der Waals surface area contributed by atoms with E-state index in [0.29, 0.717) is 22.9 Å². The molecule has 1 amide bonds. The predicted octanol–water partition coefficient (Wildman–Crippen LogP) is 3.72. The van der Waals surface area contributed by atoms with Crippen molar-refractivity contribution < 1.29 is 4.79 Å². The molecule has 2 aromatic heterocycles. The van der Waals surface area contributed by atoms with Crippen LogP contribution in [0.2, 0.25) is 0 Å². The van der Waals surface area contributed by atoms with Gasteiger partial charge in [0.2, 0.25) is 0 Å². The quantitative estimate of drug-likeness (QED) is 0.514. The second-order valence-corrected chi connectivity index (χ2v) is 6.83. The van der Waals surface area contributed by atoms with E-state index in [2.05, 4.69) is 25.9 Å². The first-order valence-corrected chi connectivity index (χ1v) is 9.38. The van der Waals surface area contributed by atoms with Crippen LogP contribution in [-0.4, -0.2) is 40.0 Å². The topological polar surface area (TPSA) is 88.0 Å². The highest BCUT2D eigenvalue weighted by atomic mass is 16.1. The molecule has 0 saturated carbocycles. The molecule has 0 aliphatic carbocycles. The van der Waals surface area contributed by atoms with Crippen molar-refractivity contribution in [2.24, 2.45) is 0 Å². The Bertz CT molecular complexity index is 1100. The number of nitrogens with zero attached hydrogens (tertiary/aromatic N) is 5. The standard InChI is InChI=1S/C22H21N7O/c1-28(2)19-10-4-16(5-11-19)22(30)25-18-8-6-17(7-9-18)24-20-12-13-21(27-26-20)29-15-3-14-23-29/h3-15H,1-2H3,(H,24,26)(H,25,30). The van der Waals surface area contributed by atoms with Gasteiger partial charge >= 0.3 is 0 Å². The molecule has 0 atom stereocenters. The van der Waals surface area contributed by atoms with Gasteiger partial charge in [0.1, 0.15) is 0 Å². The smallest absolute Gasteiger partial charge is 0.255 e. The molecular formula is C22H21N7O. The van der Waals surface area contributed by atoms with E-state index < -0.39 is 0 Å². The van der Waals surface area contributed by atoms with Gasteiger partial charge < -0.3 is 15.5 Å². The van der Waals surface area contributed by atoms with E-state index in [1.807, 2.05) is 85.7 Å². The summed E-state index contributed by atoms with van der Waals surface area (Å²) in [5.74, 6) is 1.10. The highest BCUT2D eigenvalue weighted by molar-refractivity contribution is 6.04. The average Bonchev–Trinajstić information content (AvgIpc) is 3.31. The first-order chi connectivity index (χ1) is 14.6. The molecule has 0 bridgehead atoms. The summed E-state index contributed by atoms with van der Waals surface area (Å²) in [5.41, 5.74) is 3.20. The third-order valence-corrected chi connectivity index (χ3v) is 4.45. The molecule has 8 nitrogen and oxygen atoms in total. The van der Waals surface area contributed by atoms with Crippen LogP contribution in [0.5, 0.6) is 0 Å². The zero-order valence-corrected chi connectivity index (χ0v) is 16.6. The second-order valence-electron chi connectivity index (χ2n) is 6.83. The van der Waals surface area contributed by atoms with Crippen LogP contribution in [0.15, 0.2) is 79.1 Å². The highest BCUT2D eigenvalue weighted by Gasteiger charge is 2.07. The van der Waals surface area contributed by atoms with Crippen molar-refractivity contribution in [3.63, 3.8) is 0 Å². The molecule has 150 valence electrons. The van der Waals surface area contributed by atoms with Gasteiger partial charge in [-0.2, -0.15) is 5.10 Å². The van der Waals surface area contributed by atoms with Crippen molar-refractivity contribution in [2.75, 3.05) is 29.6 Å². The molecule has 0 aliphatic rings. The van der Waals surface area contributed by atoms with Crippen molar-refractivity contribution >= 4 is 28.8 Å². The van der Waals surface area contributed by atoms with Crippen LogP contribution < -0.4 is 15.5 Å². The first kappa shape index (κ1) is 19.1. The van der Waals surface area contributed by atoms with Gasteiger partial charge in [-0.1, -0.05) is 0 Å². The Hall–Kier alpha value is -4.20. The maximum Gasteiger partial charge on any atom is 0.255 e. The second kappa shape index (κ2) is 8.44. The monoisotopic (exact) mass is 399 g/mol. The zero-order valence-electron chi connectivity index (χ0n) is 16.6. The molecule has 0 aliphatic heterocycles. The van der Waals surface area contributed by atoms with Gasteiger partial charge in [-0.15, -0.1) is 10.2 Å². The lowest BCUT2D eigenvalue weighted by molar-refractivity contribution is 0.102. The van der Waals surface area contributed by atoms with Crippen molar-refractivity contribution in [1.82, 2.24) is 20.0 Å². The third kappa shape index (κ3) is 4.44. The summed E-state index contributed by atoms with van der Waals surface area (Å²) in [6.45, 7) is 0. The Kier molecular flexibility index (Phi) is 5.38. The number of benzene rings is 2. The van der Waals surface area contributed by atoms with Crippen LogP contribution in [0, 0.1) is 0 Å². The minimum Gasteiger partial charge on any atom is -0.378 e. The van der Waals surface area contributed by atoms with E-state index >= 15 is 0 Å². The van der Waals surface area contributed by atoms with Gasteiger partial charge in [-0.05, 0) is 66.7 Å². The number of amides is 1. The van der Waals surface area contributed by atoms with Crippen molar-refractivity contribution in [2.45, 2.75) is 0 Å². The fourth-order valence-corrected chi connectivity index (χ4v) is 2.82. The molecule has 2 heterocycles. The Balaban J connectivity index is 1.37. The van der Waals surface area contributed by atoms with Gasteiger partial charge in [0.15, 0.2) is 11.6 Å². The first-order valence-electron chi connectivity index (χ1n) is 9.38. The van der Waals surface area contributed by atoms with Crippen molar-refractivity contribution in [3.05, 3.63) is 84.7 Å². The maximum absolute atomic E-state index is 12.4. The molecule has 2 N–H and O–H groups in total. The lowest BCUT2D eigenvalue weighted by Gasteiger charge is -2.13. The van der Waals surface area contributed by atoms with Crippen LogP contribution in [-0.2, 0) is 0 Å². The van der Waals surface area contributed by atoms with E-state index in [4.69, 9.17) is 0 Å². The Morgan fingerprint density at radius 2 is 1.63 bits per heavy atom. The van der Waals surface area contributed by atoms with Crippen LogP contribution in [0.25, 0.3) is 5.82 Å². The van der Waals surface area contributed by atoms with Gasteiger partial charge in [-0.3, -0.25) is 4.79 Å². The minimum absolute atomic E-state index is 0.152. The molecule has 0 saturated heterocycles. The van der Waals surface area contributed by atoms with E-state index in [1.165, 1.54) is 0 Å². The van der Waals surface area contributed by atoms with E-state index in [-0.39, 0.29) is 5.91 Å². The molecule has 0 radical (unpaired) electrons. The molecule has 0 spiro atoms. The summed E-state index contributed by atoms with van der Waals surface area (Å²) >= 11 is 0. The Labute approximate surface area is 174 Å². The number of aromatic nitrogens is 4. The molecule has 0 unspecified atom stereocenters. The summed E-state index contributed by atoms with van der Waals surface area (Å²) in [5, 5.41) is 18.5. The summed E-state index contributed by atoms with van der Waals surface area (Å²) in [7, 11) is 3.92. The maximum atomic E-state index is 12.4.